The van der Waals surface area contributed by atoms with Gasteiger partial charge in [0.1, 0.15) is 6.33 Å². The third-order valence-electron chi connectivity index (χ3n) is 3.67. The molecule has 0 aliphatic rings. The first-order valence-corrected chi connectivity index (χ1v) is 9.16. The summed E-state index contributed by atoms with van der Waals surface area (Å²) in [6.45, 7) is 7.89. The van der Waals surface area contributed by atoms with E-state index >= 15 is 0 Å². The number of hydrogen-bond donors (Lipinski definition) is 0. The smallest absolute Gasteiger partial charge is 0.326 e. The zero-order valence-corrected chi connectivity index (χ0v) is 15.4. The van der Waals surface area contributed by atoms with Gasteiger partial charge in [0, 0.05) is 13.6 Å². The summed E-state index contributed by atoms with van der Waals surface area (Å²) in [6, 6.07) is 3.19. The molecule has 130 valence electrons. The van der Waals surface area contributed by atoms with Crippen LogP contribution >= 0.6 is 0 Å². The van der Waals surface area contributed by atoms with Crippen LogP contribution in [0.1, 0.15) is 30.0 Å². The van der Waals surface area contributed by atoms with Gasteiger partial charge in [0.15, 0.2) is 0 Å². The van der Waals surface area contributed by atoms with Gasteiger partial charge in [0.05, 0.1) is 4.90 Å². The topological polar surface area (TPSA) is 85.2 Å². The molecule has 0 aliphatic carbocycles. The Bertz CT molecular complexity index is 848. The predicted molar refractivity (Wildman–Crippen MR) is 89.8 cm³/mol. The average molecular weight is 350 g/mol. The number of sulfone groups is 1. The summed E-state index contributed by atoms with van der Waals surface area (Å²) >= 11 is 0. The fourth-order valence-electron chi connectivity index (χ4n) is 2.75. The first-order valence-electron chi connectivity index (χ1n) is 7.68. The Morgan fingerprint density at radius 3 is 2.33 bits per heavy atom. The van der Waals surface area contributed by atoms with E-state index in [9.17, 15) is 13.2 Å². The van der Waals surface area contributed by atoms with Crippen molar-refractivity contribution < 1.29 is 13.2 Å². The number of carbonyl (C=O) groups is 1. The Balaban J connectivity index is 2.44. The van der Waals surface area contributed by atoms with E-state index in [2.05, 4.69) is 10.1 Å². The van der Waals surface area contributed by atoms with Crippen molar-refractivity contribution in [3.63, 3.8) is 0 Å². The first-order chi connectivity index (χ1) is 11.2. The fraction of sp³-hybridized carbons (Fsp3) is 0.438. The van der Waals surface area contributed by atoms with Gasteiger partial charge >= 0.3 is 6.03 Å². The van der Waals surface area contributed by atoms with Crippen molar-refractivity contribution >= 4 is 15.9 Å². The third kappa shape index (κ3) is 3.33. The summed E-state index contributed by atoms with van der Waals surface area (Å²) < 4.78 is 26.7. The maximum absolute atomic E-state index is 12.9. The molecule has 1 amide bonds. The summed E-state index contributed by atoms with van der Waals surface area (Å²) in [5, 5.41) is 3.53. The van der Waals surface area contributed by atoms with E-state index in [0.717, 1.165) is 23.0 Å². The predicted octanol–water partition coefficient (Wildman–Crippen LogP) is 2.35. The van der Waals surface area contributed by atoms with Gasteiger partial charge in [-0.2, -0.15) is 4.68 Å². The quantitative estimate of drug-likeness (QED) is 0.845. The van der Waals surface area contributed by atoms with Crippen molar-refractivity contribution in [3.8, 4) is 0 Å². The standard InChI is InChI=1S/C16H22N4O3S/c1-6-7-19(5)16(21)20-10-17-15(18-20)24(22,23)14-12(3)8-11(2)9-13(14)4/h8-10H,6-7H2,1-5H3. The van der Waals surface area contributed by atoms with Gasteiger partial charge in [-0.05, 0) is 38.3 Å². The monoisotopic (exact) mass is 350 g/mol. The van der Waals surface area contributed by atoms with Gasteiger partial charge in [0.2, 0.25) is 9.84 Å². The number of hydrogen-bond acceptors (Lipinski definition) is 5. The minimum atomic E-state index is -3.88. The molecule has 0 aliphatic heterocycles. The van der Waals surface area contributed by atoms with E-state index in [0.29, 0.717) is 17.7 Å². The molecule has 0 atom stereocenters. The Morgan fingerprint density at radius 1 is 1.21 bits per heavy atom. The van der Waals surface area contributed by atoms with Crippen LogP contribution in [-0.2, 0) is 9.84 Å². The van der Waals surface area contributed by atoms with E-state index in [1.807, 2.05) is 13.8 Å². The first kappa shape index (κ1) is 18.1. The average Bonchev–Trinajstić information content (AvgIpc) is 2.95. The molecule has 0 saturated carbocycles. The van der Waals surface area contributed by atoms with Crippen molar-refractivity contribution in [1.29, 1.82) is 0 Å². The molecule has 0 saturated heterocycles. The van der Waals surface area contributed by atoms with Crippen molar-refractivity contribution in [2.24, 2.45) is 0 Å². The second kappa shape index (κ2) is 6.72. The molecule has 0 unspecified atom stereocenters. The summed E-state index contributed by atoms with van der Waals surface area (Å²) in [6.07, 6.45) is 1.93. The second-order valence-corrected chi connectivity index (χ2v) is 7.69. The van der Waals surface area contributed by atoms with Crippen molar-refractivity contribution in [1.82, 2.24) is 19.7 Å². The molecule has 7 nitrogen and oxygen atoms in total. The van der Waals surface area contributed by atoms with Crippen molar-refractivity contribution in [3.05, 3.63) is 35.2 Å². The van der Waals surface area contributed by atoms with Crippen LogP contribution in [-0.4, -0.2) is 47.7 Å². The Hall–Kier alpha value is -2.22. The molecule has 8 heteroatoms. The summed E-state index contributed by atoms with van der Waals surface area (Å²) in [5.41, 5.74) is 2.26. The van der Waals surface area contributed by atoms with Crippen LogP contribution in [0.3, 0.4) is 0 Å². The minimum absolute atomic E-state index is 0.195. The van der Waals surface area contributed by atoms with E-state index in [1.165, 1.54) is 4.90 Å². The molecule has 0 N–H and O–H groups in total. The molecule has 0 fully saturated rings. The van der Waals surface area contributed by atoms with Gasteiger partial charge in [-0.1, -0.05) is 24.6 Å². The minimum Gasteiger partial charge on any atom is -0.326 e. The van der Waals surface area contributed by atoms with Gasteiger partial charge < -0.3 is 4.90 Å². The molecule has 0 spiro atoms. The molecule has 24 heavy (non-hydrogen) atoms. The van der Waals surface area contributed by atoms with E-state index in [-0.39, 0.29) is 10.1 Å². The van der Waals surface area contributed by atoms with Gasteiger partial charge in [-0.25, -0.2) is 18.2 Å². The lowest BCUT2D eigenvalue weighted by Crippen LogP contribution is -2.32. The van der Waals surface area contributed by atoms with E-state index in [1.54, 1.807) is 33.0 Å². The lowest BCUT2D eigenvalue weighted by Gasteiger charge is -2.14. The number of amides is 1. The molecule has 1 aromatic heterocycles. The highest BCUT2D eigenvalue weighted by molar-refractivity contribution is 7.91. The number of carbonyl (C=O) groups excluding carboxylic acids is 1. The SMILES string of the molecule is CCCN(C)C(=O)n1cnc(S(=O)(=O)c2c(C)cc(C)cc2C)n1. The number of aromatic nitrogens is 3. The summed E-state index contributed by atoms with van der Waals surface area (Å²) in [4.78, 5) is 17.7. The number of aryl methyl sites for hydroxylation is 3. The van der Waals surface area contributed by atoms with E-state index < -0.39 is 15.9 Å². The van der Waals surface area contributed by atoms with Crippen LogP contribution in [0.5, 0.6) is 0 Å². The molecule has 0 radical (unpaired) electrons. The molecular formula is C16H22N4O3S. The van der Waals surface area contributed by atoms with Gasteiger partial charge in [0.25, 0.3) is 5.16 Å². The zero-order valence-electron chi connectivity index (χ0n) is 14.6. The summed E-state index contributed by atoms with van der Waals surface area (Å²) in [7, 11) is -2.25. The fourth-order valence-corrected chi connectivity index (χ4v) is 4.28. The van der Waals surface area contributed by atoms with Crippen molar-refractivity contribution in [2.75, 3.05) is 13.6 Å². The lowest BCUT2D eigenvalue weighted by atomic mass is 10.1. The van der Waals surface area contributed by atoms with Gasteiger partial charge in [-0.3, -0.25) is 0 Å². The Labute approximate surface area is 142 Å². The number of benzene rings is 1. The highest BCUT2D eigenvalue weighted by atomic mass is 32.2. The summed E-state index contributed by atoms with van der Waals surface area (Å²) in [5.74, 6) is 0. The molecule has 2 aromatic rings. The Kier molecular flexibility index (Phi) is 5.08. The van der Waals surface area contributed by atoms with Crippen LogP contribution in [0.25, 0.3) is 0 Å². The maximum Gasteiger partial charge on any atom is 0.345 e. The van der Waals surface area contributed by atoms with Crippen LogP contribution in [0.4, 0.5) is 4.79 Å². The number of nitrogens with zero attached hydrogens (tertiary/aromatic N) is 4. The van der Waals surface area contributed by atoms with Crippen LogP contribution in [0.2, 0.25) is 0 Å². The van der Waals surface area contributed by atoms with E-state index in [4.69, 9.17) is 0 Å². The van der Waals surface area contributed by atoms with Crippen LogP contribution < -0.4 is 0 Å². The molecular weight excluding hydrogens is 328 g/mol. The lowest BCUT2D eigenvalue weighted by molar-refractivity contribution is 0.207. The second-order valence-electron chi connectivity index (χ2n) is 5.91. The zero-order chi connectivity index (χ0) is 18.1. The largest absolute Gasteiger partial charge is 0.345 e. The van der Waals surface area contributed by atoms with Crippen molar-refractivity contribution in [2.45, 2.75) is 44.2 Å². The molecule has 1 heterocycles. The number of rotatable bonds is 4. The third-order valence-corrected chi connectivity index (χ3v) is 5.52. The van der Waals surface area contributed by atoms with Crippen LogP contribution in [0.15, 0.2) is 28.5 Å². The normalized spacial score (nSPS) is 11.5. The highest BCUT2D eigenvalue weighted by Gasteiger charge is 2.27. The molecule has 2 rings (SSSR count). The van der Waals surface area contributed by atoms with Gasteiger partial charge in [-0.15, -0.1) is 5.10 Å². The Morgan fingerprint density at radius 2 is 1.79 bits per heavy atom. The molecule has 1 aromatic carbocycles. The van der Waals surface area contributed by atoms with Crippen LogP contribution in [0, 0.1) is 20.8 Å². The highest BCUT2D eigenvalue weighted by Crippen LogP contribution is 2.26. The molecule has 0 bridgehead atoms. The maximum atomic E-state index is 12.9.